The molecule has 1 heterocycles. The predicted molar refractivity (Wildman–Crippen MR) is 56.6 cm³/mol. The Hall–Kier alpha value is -0.210. The number of hydrogen-bond acceptors (Lipinski definition) is 1. The normalized spacial score (nSPS) is 10.8. The number of aromatic nitrogens is 2. The number of rotatable bonds is 4. The van der Waals surface area contributed by atoms with Crippen molar-refractivity contribution in [2.24, 2.45) is 7.05 Å². The molecular formula is C9H14Cl2N2. The standard InChI is InChI=1S/C9H14Cl2N2/c1-7-9(11)8(13(2)12-7)5-3-4-6-10/h3-6H2,1-2H3. The molecule has 1 aromatic heterocycles. The van der Waals surface area contributed by atoms with Crippen LogP contribution in [0.3, 0.4) is 0 Å². The smallest absolute Gasteiger partial charge is 0.0846 e. The quantitative estimate of drug-likeness (QED) is 0.564. The van der Waals surface area contributed by atoms with E-state index in [9.17, 15) is 0 Å². The van der Waals surface area contributed by atoms with E-state index in [1.807, 2.05) is 18.7 Å². The lowest BCUT2D eigenvalue weighted by atomic mass is 10.2. The van der Waals surface area contributed by atoms with E-state index in [4.69, 9.17) is 23.2 Å². The third-order valence-electron chi connectivity index (χ3n) is 2.06. The van der Waals surface area contributed by atoms with Crippen LogP contribution in [0.15, 0.2) is 0 Å². The third kappa shape index (κ3) is 2.61. The maximum Gasteiger partial charge on any atom is 0.0846 e. The SMILES string of the molecule is Cc1nn(C)c(CCCCCl)c1Cl. The molecule has 13 heavy (non-hydrogen) atoms. The van der Waals surface area contributed by atoms with E-state index < -0.39 is 0 Å². The van der Waals surface area contributed by atoms with E-state index in [0.717, 1.165) is 35.7 Å². The average Bonchev–Trinajstić information content (AvgIpc) is 2.32. The zero-order chi connectivity index (χ0) is 9.84. The first-order valence-electron chi connectivity index (χ1n) is 4.40. The molecule has 0 fully saturated rings. The molecule has 0 spiro atoms. The summed E-state index contributed by atoms with van der Waals surface area (Å²) in [6, 6.07) is 0. The zero-order valence-electron chi connectivity index (χ0n) is 7.98. The summed E-state index contributed by atoms with van der Waals surface area (Å²) in [6.07, 6.45) is 3.06. The maximum absolute atomic E-state index is 6.08. The van der Waals surface area contributed by atoms with E-state index in [1.54, 1.807) is 0 Å². The highest BCUT2D eigenvalue weighted by molar-refractivity contribution is 6.31. The summed E-state index contributed by atoms with van der Waals surface area (Å²) >= 11 is 11.7. The van der Waals surface area contributed by atoms with Gasteiger partial charge in [-0.25, -0.2) is 0 Å². The largest absolute Gasteiger partial charge is 0.271 e. The Kier molecular flexibility index (Phi) is 4.07. The maximum atomic E-state index is 6.08. The molecule has 0 aliphatic carbocycles. The van der Waals surface area contributed by atoms with Gasteiger partial charge >= 0.3 is 0 Å². The van der Waals surface area contributed by atoms with E-state index >= 15 is 0 Å². The molecule has 1 rings (SSSR count). The van der Waals surface area contributed by atoms with Crippen LogP contribution in [0.25, 0.3) is 0 Å². The number of hydrogen-bond donors (Lipinski definition) is 0. The summed E-state index contributed by atoms with van der Waals surface area (Å²) in [5.41, 5.74) is 2.02. The van der Waals surface area contributed by atoms with Gasteiger partial charge in [0.2, 0.25) is 0 Å². The fraction of sp³-hybridized carbons (Fsp3) is 0.667. The van der Waals surface area contributed by atoms with E-state index in [-0.39, 0.29) is 0 Å². The summed E-state index contributed by atoms with van der Waals surface area (Å²) in [6.45, 7) is 1.92. The molecule has 0 saturated carbocycles. The number of nitrogens with zero attached hydrogens (tertiary/aromatic N) is 2. The average molecular weight is 221 g/mol. The molecule has 1 aromatic rings. The first-order chi connectivity index (χ1) is 6.16. The number of unbranched alkanes of at least 4 members (excludes halogenated alkanes) is 1. The van der Waals surface area contributed by atoms with Crippen molar-refractivity contribution in [2.75, 3.05) is 5.88 Å². The fourth-order valence-electron chi connectivity index (χ4n) is 1.34. The van der Waals surface area contributed by atoms with Crippen molar-refractivity contribution in [3.8, 4) is 0 Å². The highest BCUT2D eigenvalue weighted by Gasteiger charge is 2.09. The molecule has 0 unspecified atom stereocenters. The van der Waals surface area contributed by atoms with E-state index in [1.165, 1.54) is 0 Å². The van der Waals surface area contributed by atoms with Crippen molar-refractivity contribution in [1.82, 2.24) is 9.78 Å². The molecule has 2 nitrogen and oxygen atoms in total. The van der Waals surface area contributed by atoms with Crippen molar-refractivity contribution in [2.45, 2.75) is 26.2 Å². The second kappa shape index (κ2) is 4.87. The van der Waals surface area contributed by atoms with Gasteiger partial charge in [0, 0.05) is 12.9 Å². The molecule has 4 heteroatoms. The van der Waals surface area contributed by atoms with Gasteiger partial charge < -0.3 is 0 Å². The Morgan fingerprint density at radius 2 is 2.08 bits per heavy atom. The molecule has 0 radical (unpaired) electrons. The lowest BCUT2D eigenvalue weighted by Crippen LogP contribution is -1.98. The summed E-state index contributed by atoms with van der Waals surface area (Å²) in [7, 11) is 1.93. The van der Waals surface area contributed by atoms with E-state index in [0.29, 0.717) is 5.88 Å². The van der Waals surface area contributed by atoms with Gasteiger partial charge in [-0.1, -0.05) is 11.6 Å². The second-order valence-electron chi connectivity index (χ2n) is 3.12. The minimum absolute atomic E-state index is 0.717. The van der Waals surface area contributed by atoms with Gasteiger partial charge in [0.15, 0.2) is 0 Å². The third-order valence-corrected chi connectivity index (χ3v) is 2.82. The number of alkyl halides is 1. The topological polar surface area (TPSA) is 17.8 Å². The van der Waals surface area contributed by atoms with Gasteiger partial charge in [0.1, 0.15) is 0 Å². The van der Waals surface area contributed by atoms with Crippen LogP contribution in [0.2, 0.25) is 5.02 Å². The highest BCUT2D eigenvalue weighted by Crippen LogP contribution is 2.20. The molecule has 0 N–H and O–H groups in total. The van der Waals surface area contributed by atoms with Crippen LogP contribution in [-0.4, -0.2) is 15.7 Å². The van der Waals surface area contributed by atoms with Gasteiger partial charge in [-0.2, -0.15) is 5.10 Å². The molecule has 0 aliphatic heterocycles. The van der Waals surface area contributed by atoms with Crippen LogP contribution in [0.4, 0.5) is 0 Å². The van der Waals surface area contributed by atoms with E-state index in [2.05, 4.69) is 5.10 Å². The molecule has 0 aliphatic rings. The lowest BCUT2D eigenvalue weighted by Gasteiger charge is -2.00. The van der Waals surface area contributed by atoms with Crippen molar-refractivity contribution >= 4 is 23.2 Å². The van der Waals surface area contributed by atoms with Crippen LogP contribution in [0.1, 0.15) is 24.2 Å². The molecular weight excluding hydrogens is 207 g/mol. The van der Waals surface area contributed by atoms with Crippen molar-refractivity contribution in [3.63, 3.8) is 0 Å². The summed E-state index contributed by atoms with van der Waals surface area (Å²) in [5.74, 6) is 0.717. The van der Waals surface area contributed by atoms with Crippen LogP contribution in [0.5, 0.6) is 0 Å². The van der Waals surface area contributed by atoms with Crippen LogP contribution >= 0.6 is 23.2 Å². The Morgan fingerprint density at radius 1 is 1.38 bits per heavy atom. The summed E-state index contributed by atoms with van der Waals surface area (Å²) < 4.78 is 1.85. The Bertz CT molecular complexity index is 281. The van der Waals surface area contributed by atoms with Crippen LogP contribution in [0, 0.1) is 6.92 Å². The Labute approximate surface area is 88.8 Å². The molecule has 74 valence electrons. The minimum atomic E-state index is 0.717. The first-order valence-corrected chi connectivity index (χ1v) is 5.32. The predicted octanol–water partition coefficient (Wildman–Crippen LogP) is 2.94. The van der Waals surface area contributed by atoms with Gasteiger partial charge in [-0.3, -0.25) is 4.68 Å². The highest BCUT2D eigenvalue weighted by atomic mass is 35.5. The molecule has 0 atom stereocenters. The van der Waals surface area contributed by atoms with Gasteiger partial charge in [-0.15, -0.1) is 11.6 Å². The lowest BCUT2D eigenvalue weighted by molar-refractivity contribution is 0.674. The van der Waals surface area contributed by atoms with Crippen LogP contribution in [-0.2, 0) is 13.5 Å². The minimum Gasteiger partial charge on any atom is -0.271 e. The first kappa shape index (κ1) is 10.9. The fourth-order valence-corrected chi connectivity index (χ4v) is 1.78. The van der Waals surface area contributed by atoms with Gasteiger partial charge in [0.25, 0.3) is 0 Å². The monoisotopic (exact) mass is 220 g/mol. The summed E-state index contributed by atoms with van der Waals surface area (Å²) in [5, 5.41) is 5.04. The number of aryl methyl sites for hydroxylation is 2. The van der Waals surface area contributed by atoms with Crippen LogP contribution < -0.4 is 0 Å². The Morgan fingerprint density at radius 3 is 2.54 bits per heavy atom. The van der Waals surface area contributed by atoms with Crippen molar-refractivity contribution in [3.05, 3.63) is 16.4 Å². The Balaban J connectivity index is 2.64. The van der Waals surface area contributed by atoms with Crippen molar-refractivity contribution in [1.29, 1.82) is 0 Å². The van der Waals surface area contributed by atoms with Crippen molar-refractivity contribution < 1.29 is 0 Å². The summed E-state index contributed by atoms with van der Waals surface area (Å²) in [4.78, 5) is 0. The number of halogens is 2. The molecule has 0 saturated heterocycles. The molecule has 0 aromatic carbocycles. The van der Waals surface area contributed by atoms with Gasteiger partial charge in [-0.05, 0) is 26.2 Å². The zero-order valence-corrected chi connectivity index (χ0v) is 9.49. The molecule has 0 amide bonds. The second-order valence-corrected chi connectivity index (χ2v) is 3.87. The molecule has 0 bridgehead atoms. The van der Waals surface area contributed by atoms with Gasteiger partial charge in [0.05, 0.1) is 16.4 Å².